The molecule has 1 saturated carbocycles. The number of aryl methyl sites for hydroxylation is 1. The van der Waals surface area contributed by atoms with Gasteiger partial charge in [0.2, 0.25) is 0 Å². The number of rotatable bonds is 2. The third kappa shape index (κ3) is 3.43. The van der Waals surface area contributed by atoms with Gasteiger partial charge in [-0.3, -0.25) is 5.32 Å². The van der Waals surface area contributed by atoms with Crippen LogP contribution in [0.1, 0.15) is 31.2 Å². The van der Waals surface area contributed by atoms with Gasteiger partial charge in [0.25, 0.3) is 0 Å². The lowest BCUT2D eigenvalue weighted by molar-refractivity contribution is 0.248. The smallest absolute Gasteiger partial charge is 0.320 e. The van der Waals surface area contributed by atoms with E-state index >= 15 is 0 Å². The molecule has 0 saturated heterocycles. The molecule has 4 nitrogen and oxygen atoms in total. The summed E-state index contributed by atoms with van der Waals surface area (Å²) < 4.78 is 0.944. The van der Waals surface area contributed by atoms with E-state index in [-0.39, 0.29) is 6.03 Å². The van der Waals surface area contributed by atoms with Gasteiger partial charge in [0.05, 0.1) is 0 Å². The zero-order chi connectivity index (χ0) is 12.3. The molecule has 2 rings (SSSR count). The van der Waals surface area contributed by atoms with Crippen molar-refractivity contribution < 1.29 is 4.79 Å². The Morgan fingerprint density at radius 1 is 1.47 bits per heavy atom. The van der Waals surface area contributed by atoms with Crippen LogP contribution in [0, 0.1) is 6.92 Å². The second-order valence-electron chi connectivity index (χ2n) is 4.40. The molecule has 1 aliphatic rings. The Kier molecular flexibility index (Phi) is 3.99. The van der Waals surface area contributed by atoms with Crippen LogP contribution in [0.2, 0.25) is 0 Å². The minimum absolute atomic E-state index is 0.161. The molecule has 1 aromatic heterocycles. The predicted octanol–water partition coefficient (Wildman–Crippen LogP) is 3.22. The van der Waals surface area contributed by atoms with Gasteiger partial charge < -0.3 is 5.32 Å². The average molecular weight is 298 g/mol. The summed E-state index contributed by atoms with van der Waals surface area (Å²) in [5.41, 5.74) is 1.05. The second-order valence-corrected chi connectivity index (χ2v) is 5.25. The Bertz CT molecular complexity index is 416. The summed E-state index contributed by atoms with van der Waals surface area (Å²) >= 11 is 3.38. The van der Waals surface area contributed by atoms with Crippen LogP contribution in [0.4, 0.5) is 10.6 Å². The van der Waals surface area contributed by atoms with Crippen molar-refractivity contribution in [1.29, 1.82) is 0 Å². The lowest BCUT2D eigenvalue weighted by Crippen LogP contribution is -2.36. The maximum absolute atomic E-state index is 11.7. The summed E-state index contributed by atoms with van der Waals surface area (Å²) in [4.78, 5) is 15.8. The van der Waals surface area contributed by atoms with E-state index in [0.717, 1.165) is 22.9 Å². The van der Waals surface area contributed by atoms with Crippen LogP contribution in [0.3, 0.4) is 0 Å². The molecular formula is C12H16BrN3O. The molecule has 0 bridgehead atoms. The Hall–Kier alpha value is -1.10. The third-order valence-corrected chi connectivity index (χ3v) is 3.81. The van der Waals surface area contributed by atoms with Crippen molar-refractivity contribution in [2.24, 2.45) is 0 Å². The topological polar surface area (TPSA) is 54.0 Å². The van der Waals surface area contributed by atoms with E-state index in [0.29, 0.717) is 11.9 Å². The molecule has 1 aliphatic carbocycles. The minimum Gasteiger partial charge on any atom is -0.335 e. The molecule has 1 heterocycles. The summed E-state index contributed by atoms with van der Waals surface area (Å²) in [5, 5.41) is 5.71. The van der Waals surface area contributed by atoms with Gasteiger partial charge in [-0.05, 0) is 47.3 Å². The van der Waals surface area contributed by atoms with Crippen LogP contribution in [-0.4, -0.2) is 17.1 Å². The van der Waals surface area contributed by atoms with Crippen molar-refractivity contribution in [3.8, 4) is 0 Å². The maximum atomic E-state index is 11.7. The van der Waals surface area contributed by atoms with Crippen molar-refractivity contribution in [3.05, 3.63) is 22.3 Å². The number of hydrogen-bond acceptors (Lipinski definition) is 2. The molecule has 0 aromatic carbocycles. The second kappa shape index (κ2) is 5.49. The van der Waals surface area contributed by atoms with Gasteiger partial charge in [0.1, 0.15) is 5.82 Å². The Balaban J connectivity index is 1.90. The van der Waals surface area contributed by atoms with E-state index in [9.17, 15) is 4.79 Å². The number of nitrogens with one attached hydrogen (secondary N) is 2. The zero-order valence-electron chi connectivity index (χ0n) is 9.79. The first-order valence-corrected chi connectivity index (χ1v) is 6.64. The Morgan fingerprint density at radius 2 is 2.18 bits per heavy atom. The molecule has 0 aliphatic heterocycles. The molecule has 0 radical (unpaired) electrons. The number of pyridine rings is 1. The van der Waals surface area contributed by atoms with Crippen LogP contribution in [0.15, 0.2) is 16.7 Å². The van der Waals surface area contributed by atoms with Crippen LogP contribution >= 0.6 is 15.9 Å². The fraction of sp³-hybridized carbons (Fsp3) is 0.500. The highest BCUT2D eigenvalue weighted by atomic mass is 79.9. The number of carbonyl (C=O) groups is 1. The first-order valence-electron chi connectivity index (χ1n) is 5.85. The molecule has 0 unspecified atom stereocenters. The molecule has 2 amide bonds. The maximum Gasteiger partial charge on any atom is 0.320 e. The molecule has 5 heteroatoms. The van der Waals surface area contributed by atoms with Crippen molar-refractivity contribution in [3.63, 3.8) is 0 Å². The number of anilines is 1. The van der Waals surface area contributed by atoms with Crippen LogP contribution in [0.25, 0.3) is 0 Å². The highest BCUT2D eigenvalue weighted by molar-refractivity contribution is 9.10. The number of nitrogens with zero attached hydrogens (tertiary/aromatic N) is 1. The van der Waals surface area contributed by atoms with Crippen molar-refractivity contribution >= 4 is 27.8 Å². The standard InChI is InChI=1S/C12H16BrN3O/c1-8-6-11(14-7-10(8)13)16-12(17)15-9-4-2-3-5-9/h6-7,9H,2-5H2,1H3,(H2,14,15,16,17). The van der Waals surface area contributed by atoms with Gasteiger partial charge in [-0.1, -0.05) is 12.8 Å². The number of aromatic nitrogens is 1. The van der Waals surface area contributed by atoms with Crippen LogP contribution in [0.5, 0.6) is 0 Å². The summed E-state index contributed by atoms with van der Waals surface area (Å²) in [6.07, 6.45) is 6.28. The summed E-state index contributed by atoms with van der Waals surface area (Å²) in [5.74, 6) is 0.584. The first kappa shape index (κ1) is 12.4. The molecule has 2 N–H and O–H groups in total. The first-order chi connectivity index (χ1) is 8.15. The largest absolute Gasteiger partial charge is 0.335 e. The summed E-state index contributed by atoms with van der Waals surface area (Å²) in [7, 11) is 0. The lowest BCUT2D eigenvalue weighted by atomic mass is 10.2. The number of amides is 2. The van der Waals surface area contributed by atoms with Crippen molar-refractivity contribution in [1.82, 2.24) is 10.3 Å². The van der Waals surface area contributed by atoms with E-state index in [4.69, 9.17) is 0 Å². The fourth-order valence-corrected chi connectivity index (χ4v) is 2.23. The van der Waals surface area contributed by atoms with Crippen molar-refractivity contribution in [2.75, 3.05) is 5.32 Å². The molecule has 1 fully saturated rings. The van der Waals surface area contributed by atoms with E-state index in [1.165, 1.54) is 12.8 Å². The van der Waals surface area contributed by atoms with Gasteiger partial charge in [-0.2, -0.15) is 0 Å². The molecule has 17 heavy (non-hydrogen) atoms. The van der Waals surface area contributed by atoms with E-state index in [1.54, 1.807) is 6.20 Å². The average Bonchev–Trinajstić information content (AvgIpc) is 2.76. The number of urea groups is 1. The Labute approximate surface area is 109 Å². The quantitative estimate of drug-likeness (QED) is 0.881. The Morgan fingerprint density at radius 3 is 2.82 bits per heavy atom. The molecule has 1 aromatic rings. The molecule has 92 valence electrons. The molecular weight excluding hydrogens is 282 g/mol. The molecule has 0 atom stereocenters. The highest BCUT2D eigenvalue weighted by Gasteiger charge is 2.17. The van der Waals surface area contributed by atoms with Gasteiger partial charge in [0.15, 0.2) is 0 Å². The fourth-order valence-electron chi connectivity index (χ4n) is 2.02. The van der Waals surface area contributed by atoms with E-state index in [1.807, 2.05) is 13.0 Å². The van der Waals surface area contributed by atoms with Crippen molar-refractivity contribution in [2.45, 2.75) is 38.6 Å². The van der Waals surface area contributed by atoms with Gasteiger partial charge in [-0.25, -0.2) is 9.78 Å². The number of hydrogen-bond donors (Lipinski definition) is 2. The zero-order valence-corrected chi connectivity index (χ0v) is 11.4. The highest BCUT2D eigenvalue weighted by Crippen LogP contribution is 2.19. The summed E-state index contributed by atoms with van der Waals surface area (Å²) in [6, 6.07) is 2.01. The van der Waals surface area contributed by atoms with Gasteiger partial charge in [-0.15, -0.1) is 0 Å². The lowest BCUT2D eigenvalue weighted by Gasteiger charge is -2.12. The normalized spacial score (nSPS) is 15.9. The van der Waals surface area contributed by atoms with E-state index in [2.05, 4.69) is 31.5 Å². The van der Waals surface area contributed by atoms with Gasteiger partial charge in [0, 0.05) is 16.7 Å². The van der Waals surface area contributed by atoms with Crippen LogP contribution in [-0.2, 0) is 0 Å². The minimum atomic E-state index is -0.161. The van der Waals surface area contributed by atoms with Gasteiger partial charge >= 0.3 is 6.03 Å². The molecule has 0 spiro atoms. The SMILES string of the molecule is Cc1cc(NC(=O)NC2CCCC2)ncc1Br. The third-order valence-electron chi connectivity index (χ3n) is 2.98. The summed E-state index contributed by atoms with van der Waals surface area (Å²) in [6.45, 7) is 1.96. The number of carbonyl (C=O) groups excluding carboxylic acids is 1. The predicted molar refractivity (Wildman–Crippen MR) is 71.1 cm³/mol. The van der Waals surface area contributed by atoms with Crippen LogP contribution < -0.4 is 10.6 Å². The number of halogens is 1. The monoisotopic (exact) mass is 297 g/mol. The van der Waals surface area contributed by atoms with E-state index < -0.39 is 0 Å².